The number of nitrogens with one attached hydrogen (secondary N) is 1. The molecule has 1 N–H and O–H groups in total. The summed E-state index contributed by atoms with van der Waals surface area (Å²) >= 11 is 1.82. The Balaban J connectivity index is 1.40. The van der Waals surface area contributed by atoms with E-state index in [1.54, 1.807) is 0 Å². The molecule has 0 aliphatic rings. The zero-order chi connectivity index (χ0) is 30.6. The summed E-state index contributed by atoms with van der Waals surface area (Å²) in [5.41, 5.74) is 7.37. The molecule has 0 saturated heterocycles. The molecule has 11 aromatic rings. The SMILES string of the molecule is c1ccc(-c2nc(-n3c4ccccc4c4c5ccccc5c5c6ccccc6[nH]c5c43)nc3c2ccc2sc4ccccc4c23)cc1. The molecule has 0 fully saturated rings. The average molecular weight is 617 g/mol. The number of nitrogens with zero attached hydrogens (tertiary/aromatic N) is 3. The average Bonchev–Trinajstić information content (AvgIpc) is 3.82. The van der Waals surface area contributed by atoms with Crippen molar-refractivity contribution in [2.75, 3.05) is 0 Å². The van der Waals surface area contributed by atoms with Crippen molar-refractivity contribution in [1.29, 1.82) is 0 Å². The number of hydrogen-bond donors (Lipinski definition) is 1. The highest BCUT2D eigenvalue weighted by atomic mass is 32.1. The summed E-state index contributed by atoms with van der Waals surface area (Å²) in [5.74, 6) is 0.667. The van der Waals surface area contributed by atoms with E-state index in [9.17, 15) is 0 Å². The van der Waals surface area contributed by atoms with Gasteiger partial charge in [-0.05, 0) is 41.1 Å². The second-order valence-electron chi connectivity index (χ2n) is 12.2. The molecule has 218 valence electrons. The van der Waals surface area contributed by atoms with E-state index in [0.717, 1.165) is 44.2 Å². The molecule has 5 heteroatoms. The van der Waals surface area contributed by atoms with E-state index in [1.807, 2.05) is 11.3 Å². The van der Waals surface area contributed by atoms with Crippen LogP contribution in [0.2, 0.25) is 0 Å². The molecule has 0 atom stereocenters. The summed E-state index contributed by atoms with van der Waals surface area (Å²) in [7, 11) is 0. The van der Waals surface area contributed by atoms with Gasteiger partial charge in [-0.15, -0.1) is 11.3 Å². The van der Waals surface area contributed by atoms with Crippen molar-refractivity contribution in [2.24, 2.45) is 0 Å². The summed E-state index contributed by atoms with van der Waals surface area (Å²) in [6, 6.07) is 49.7. The molecule has 4 nitrogen and oxygen atoms in total. The van der Waals surface area contributed by atoms with Crippen LogP contribution >= 0.6 is 11.3 Å². The van der Waals surface area contributed by atoms with Crippen molar-refractivity contribution >= 4 is 96.8 Å². The molecule has 0 radical (unpaired) electrons. The van der Waals surface area contributed by atoms with Gasteiger partial charge in [-0.2, -0.15) is 0 Å². The Labute approximate surface area is 272 Å². The van der Waals surface area contributed by atoms with Crippen molar-refractivity contribution in [1.82, 2.24) is 19.5 Å². The lowest BCUT2D eigenvalue weighted by Gasteiger charge is -2.13. The highest BCUT2D eigenvalue weighted by Gasteiger charge is 2.24. The van der Waals surface area contributed by atoms with Gasteiger partial charge in [0, 0.05) is 58.2 Å². The molecule has 0 saturated carbocycles. The number of thiophene rings is 1. The predicted octanol–water partition coefficient (Wildman–Crippen LogP) is 11.5. The number of hydrogen-bond acceptors (Lipinski definition) is 3. The lowest BCUT2D eigenvalue weighted by atomic mass is 9.99. The van der Waals surface area contributed by atoms with Gasteiger partial charge in [0.2, 0.25) is 5.95 Å². The Hall–Kier alpha value is -6.04. The molecule has 0 bridgehead atoms. The highest BCUT2D eigenvalue weighted by molar-refractivity contribution is 7.26. The van der Waals surface area contributed by atoms with Crippen LogP contribution < -0.4 is 0 Å². The number of H-pyrrole nitrogens is 1. The van der Waals surface area contributed by atoms with Gasteiger partial charge in [-0.3, -0.25) is 4.57 Å². The van der Waals surface area contributed by atoms with Crippen molar-refractivity contribution < 1.29 is 0 Å². The first-order chi connectivity index (χ1) is 23.3. The van der Waals surface area contributed by atoms with Gasteiger partial charge < -0.3 is 4.98 Å². The summed E-state index contributed by atoms with van der Waals surface area (Å²) in [6.45, 7) is 0. The van der Waals surface area contributed by atoms with Gasteiger partial charge in [0.15, 0.2) is 0 Å². The van der Waals surface area contributed by atoms with Crippen LogP contribution in [-0.4, -0.2) is 19.5 Å². The summed E-state index contributed by atoms with van der Waals surface area (Å²) in [4.78, 5) is 14.9. The topological polar surface area (TPSA) is 46.5 Å². The predicted molar refractivity (Wildman–Crippen MR) is 199 cm³/mol. The van der Waals surface area contributed by atoms with Gasteiger partial charge >= 0.3 is 0 Å². The lowest BCUT2D eigenvalue weighted by Crippen LogP contribution is -2.04. The minimum absolute atomic E-state index is 0.667. The first-order valence-corrected chi connectivity index (χ1v) is 16.7. The van der Waals surface area contributed by atoms with E-state index >= 15 is 0 Å². The fraction of sp³-hybridized carbons (Fsp3) is 0. The van der Waals surface area contributed by atoms with E-state index in [4.69, 9.17) is 9.97 Å². The summed E-state index contributed by atoms with van der Waals surface area (Å²) in [5, 5.41) is 10.8. The maximum absolute atomic E-state index is 5.54. The molecule has 7 aromatic carbocycles. The minimum Gasteiger partial charge on any atom is -0.353 e. The Morgan fingerprint density at radius 2 is 1.17 bits per heavy atom. The van der Waals surface area contributed by atoms with E-state index in [-0.39, 0.29) is 0 Å². The van der Waals surface area contributed by atoms with Gasteiger partial charge in [0.25, 0.3) is 0 Å². The van der Waals surface area contributed by atoms with Crippen LogP contribution in [-0.2, 0) is 0 Å². The molecule has 0 amide bonds. The van der Waals surface area contributed by atoms with Gasteiger partial charge in [0.05, 0.1) is 27.8 Å². The second kappa shape index (κ2) is 9.25. The Bertz CT molecular complexity index is 3070. The van der Waals surface area contributed by atoms with Crippen LogP contribution in [0.1, 0.15) is 0 Å². The second-order valence-corrected chi connectivity index (χ2v) is 13.3. The van der Waals surface area contributed by atoms with E-state index in [0.29, 0.717) is 5.95 Å². The molecule has 11 rings (SSSR count). The number of benzene rings is 7. The van der Waals surface area contributed by atoms with Gasteiger partial charge in [0.1, 0.15) is 0 Å². The summed E-state index contributed by atoms with van der Waals surface area (Å²) in [6.07, 6.45) is 0. The van der Waals surface area contributed by atoms with Crippen LogP contribution in [0.25, 0.3) is 103 Å². The van der Waals surface area contributed by atoms with Crippen LogP contribution in [0.3, 0.4) is 0 Å². The molecule has 4 aromatic heterocycles. The summed E-state index contributed by atoms with van der Waals surface area (Å²) < 4.78 is 4.79. The van der Waals surface area contributed by atoms with Gasteiger partial charge in [-0.25, -0.2) is 9.97 Å². The van der Waals surface area contributed by atoms with Crippen molar-refractivity contribution in [3.63, 3.8) is 0 Å². The third kappa shape index (κ3) is 3.36. The Kier molecular flexibility index (Phi) is 4.96. The number of aromatic amines is 1. The van der Waals surface area contributed by atoms with Crippen LogP contribution in [0.5, 0.6) is 0 Å². The van der Waals surface area contributed by atoms with Crippen molar-refractivity contribution in [3.8, 4) is 17.2 Å². The molecule has 4 heterocycles. The van der Waals surface area contributed by atoms with E-state index < -0.39 is 0 Å². The molecular formula is C42H24N4S. The van der Waals surface area contributed by atoms with Crippen LogP contribution in [0, 0.1) is 0 Å². The third-order valence-electron chi connectivity index (χ3n) is 9.73. The third-order valence-corrected chi connectivity index (χ3v) is 10.9. The normalized spacial score (nSPS) is 12.3. The maximum atomic E-state index is 5.54. The smallest absolute Gasteiger partial charge is 0.235 e. The quantitative estimate of drug-likeness (QED) is 0.210. The van der Waals surface area contributed by atoms with Crippen LogP contribution in [0.4, 0.5) is 0 Å². The van der Waals surface area contributed by atoms with E-state index in [1.165, 1.54) is 52.5 Å². The van der Waals surface area contributed by atoms with Crippen molar-refractivity contribution in [3.05, 3.63) is 140 Å². The molecule has 47 heavy (non-hydrogen) atoms. The van der Waals surface area contributed by atoms with E-state index in [2.05, 4.69) is 149 Å². The number of aromatic nitrogens is 4. The first-order valence-electron chi connectivity index (χ1n) is 15.9. The zero-order valence-corrected chi connectivity index (χ0v) is 25.8. The zero-order valence-electron chi connectivity index (χ0n) is 25.0. The number of fused-ring (bicyclic) bond motifs is 15. The number of para-hydroxylation sites is 2. The fourth-order valence-corrected chi connectivity index (χ4v) is 8.89. The molecule has 0 aliphatic carbocycles. The maximum Gasteiger partial charge on any atom is 0.235 e. The lowest BCUT2D eigenvalue weighted by molar-refractivity contribution is 1.02. The Morgan fingerprint density at radius 1 is 0.489 bits per heavy atom. The highest BCUT2D eigenvalue weighted by Crippen LogP contribution is 2.45. The fourth-order valence-electron chi connectivity index (χ4n) is 7.78. The van der Waals surface area contributed by atoms with Crippen LogP contribution in [0.15, 0.2) is 140 Å². The molecule has 0 unspecified atom stereocenters. The number of rotatable bonds is 2. The first kappa shape index (κ1) is 25.2. The van der Waals surface area contributed by atoms with Gasteiger partial charge in [-0.1, -0.05) is 109 Å². The minimum atomic E-state index is 0.667. The molecule has 0 spiro atoms. The molecular weight excluding hydrogens is 593 g/mol. The standard InChI is InChI=1S/C42H24N4S/c1-2-12-24(13-3-1)38-30-22-23-34-37(29-18-8-11-21-33(29)47-34)39(30)45-42(44-38)46-32-20-10-7-17-28(32)36-26-15-5-4-14-25(26)35-27-16-6-9-19-31(27)43-40(35)41(36)46/h1-23,43H. The van der Waals surface area contributed by atoms with Crippen molar-refractivity contribution in [2.45, 2.75) is 0 Å². The monoisotopic (exact) mass is 616 g/mol. The molecule has 0 aliphatic heterocycles. The Morgan fingerprint density at radius 3 is 2.02 bits per heavy atom. The largest absolute Gasteiger partial charge is 0.353 e.